The highest BCUT2D eigenvalue weighted by atomic mass is 79.9. The quantitative estimate of drug-likeness (QED) is 0.890. The van der Waals surface area contributed by atoms with Crippen LogP contribution in [0.15, 0.2) is 16.7 Å². The lowest BCUT2D eigenvalue weighted by atomic mass is 10.1. The number of nitrogens with one attached hydrogen (secondary N) is 1. The number of hydrogen-bond donors (Lipinski definition) is 2. The average molecular weight is 286 g/mol. The van der Waals surface area contributed by atoms with Crippen LogP contribution in [0, 0.1) is 12.8 Å². The summed E-state index contributed by atoms with van der Waals surface area (Å²) in [6.07, 6.45) is 2.41. The number of rotatable bonds is 4. The topological polar surface area (TPSA) is 68.0 Å². The minimum atomic E-state index is -0.147. The molecule has 0 saturated carbocycles. The molecule has 4 nitrogen and oxygen atoms in total. The number of anilines is 1. The van der Waals surface area contributed by atoms with Gasteiger partial charge in [-0.05, 0) is 40.9 Å². The van der Waals surface area contributed by atoms with Gasteiger partial charge in [0.1, 0.15) is 5.82 Å². The molecule has 0 radical (unpaired) electrons. The molecule has 1 atom stereocenters. The van der Waals surface area contributed by atoms with Crippen LogP contribution < -0.4 is 11.1 Å². The number of pyridine rings is 1. The first-order valence-corrected chi connectivity index (χ1v) is 6.00. The van der Waals surface area contributed by atoms with Crippen molar-refractivity contribution in [1.29, 1.82) is 0 Å². The smallest absolute Gasteiger partial charge is 0.229 e. The molecule has 0 spiro atoms. The molecule has 1 unspecified atom stereocenters. The number of halogens is 1. The molecule has 1 aromatic heterocycles. The maximum Gasteiger partial charge on any atom is 0.229 e. The standard InChI is InChI=1S/C11H16BrN3O/c1-3-8(5-13)11(16)15-10-4-7(2)9(12)6-14-10/h4,6,8H,3,5,13H2,1-2H3,(H,14,15,16). The van der Waals surface area contributed by atoms with Gasteiger partial charge in [-0.3, -0.25) is 4.79 Å². The van der Waals surface area contributed by atoms with Gasteiger partial charge in [-0.1, -0.05) is 6.92 Å². The highest BCUT2D eigenvalue weighted by Gasteiger charge is 2.14. The van der Waals surface area contributed by atoms with Crippen LogP contribution in [0.4, 0.5) is 5.82 Å². The molecule has 0 aliphatic rings. The molecule has 5 heteroatoms. The molecule has 0 aliphatic heterocycles. The Labute approximate surface area is 104 Å². The zero-order valence-corrected chi connectivity index (χ0v) is 11.0. The van der Waals surface area contributed by atoms with E-state index in [9.17, 15) is 4.79 Å². The van der Waals surface area contributed by atoms with Crippen LogP contribution in [0.5, 0.6) is 0 Å². The van der Waals surface area contributed by atoms with E-state index < -0.39 is 0 Å². The zero-order valence-electron chi connectivity index (χ0n) is 9.46. The summed E-state index contributed by atoms with van der Waals surface area (Å²) in [7, 11) is 0. The number of hydrogen-bond acceptors (Lipinski definition) is 3. The number of aromatic nitrogens is 1. The van der Waals surface area contributed by atoms with E-state index in [4.69, 9.17) is 5.73 Å². The summed E-state index contributed by atoms with van der Waals surface area (Å²) in [4.78, 5) is 15.8. The van der Waals surface area contributed by atoms with Crippen LogP contribution in [0.1, 0.15) is 18.9 Å². The maximum atomic E-state index is 11.7. The van der Waals surface area contributed by atoms with Crippen molar-refractivity contribution in [3.8, 4) is 0 Å². The molecule has 16 heavy (non-hydrogen) atoms. The highest BCUT2D eigenvalue weighted by Crippen LogP contribution is 2.17. The highest BCUT2D eigenvalue weighted by molar-refractivity contribution is 9.10. The largest absolute Gasteiger partial charge is 0.330 e. The number of amides is 1. The van der Waals surface area contributed by atoms with Crippen LogP contribution >= 0.6 is 15.9 Å². The van der Waals surface area contributed by atoms with Crippen LogP contribution in [0.3, 0.4) is 0 Å². The lowest BCUT2D eigenvalue weighted by Gasteiger charge is -2.12. The predicted molar refractivity (Wildman–Crippen MR) is 68.1 cm³/mol. The number of carbonyl (C=O) groups is 1. The van der Waals surface area contributed by atoms with Gasteiger partial charge in [-0.25, -0.2) is 4.98 Å². The van der Waals surface area contributed by atoms with Crippen LogP contribution in [0.25, 0.3) is 0 Å². The van der Waals surface area contributed by atoms with Crippen molar-refractivity contribution in [2.24, 2.45) is 11.7 Å². The summed E-state index contributed by atoms with van der Waals surface area (Å²) in [5, 5.41) is 2.76. The van der Waals surface area contributed by atoms with Gasteiger partial charge < -0.3 is 11.1 Å². The summed E-state index contributed by atoms with van der Waals surface area (Å²) < 4.78 is 0.927. The Kier molecular flexibility index (Phi) is 4.89. The Morgan fingerprint density at radius 1 is 1.69 bits per heavy atom. The molecule has 0 saturated heterocycles. The van der Waals surface area contributed by atoms with Crippen molar-refractivity contribution >= 4 is 27.7 Å². The fourth-order valence-corrected chi connectivity index (χ4v) is 1.51. The van der Waals surface area contributed by atoms with E-state index in [0.717, 1.165) is 16.5 Å². The molecular formula is C11H16BrN3O. The number of nitrogens with two attached hydrogens (primary N) is 1. The van der Waals surface area contributed by atoms with E-state index in [1.165, 1.54) is 0 Å². The molecular weight excluding hydrogens is 270 g/mol. The molecule has 88 valence electrons. The van der Waals surface area contributed by atoms with Gasteiger partial charge >= 0.3 is 0 Å². The van der Waals surface area contributed by atoms with Gasteiger partial charge in [0, 0.05) is 17.2 Å². The lowest BCUT2D eigenvalue weighted by molar-refractivity contribution is -0.119. The first kappa shape index (κ1) is 13.1. The molecule has 1 aromatic rings. The molecule has 0 aromatic carbocycles. The molecule has 0 bridgehead atoms. The Morgan fingerprint density at radius 2 is 2.38 bits per heavy atom. The first-order valence-electron chi connectivity index (χ1n) is 5.21. The monoisotopic (exact) mass is 285 g/mol. The van der Waals surface area contributed by atoms with Crippen molar-refractivity contribution in [3.63, 3.8) is 0 Å². The third-order valence-electron chi connectivity index (χ3n) is 2.45. The summed E-state index contributed by atoms with van der Waals surface area (Å²) in [6.45, 7) is 4.25. The van der Waals surface area contributed by atoms with E-state index in [1.54, 1.807) is 6.20 Å². The molecule has 1 amide bonds. The zero-order chi connectivity index (χ0) is 12.1. The predicted octanol–water partition coefficient (Wildman–Crippen LogP) is 2.08. The summed E-state index contributed by atoms with van der Waals surface area (Å²) >= 11 is 3.36. The van der Waals surface area contributed by atoms with Gasteiger partial charge in [0.15, 0.2) is 0 Å². The SMILES string of the molecule is CCC(CN)C(=O)Nc1cc(C)c(Br)cn1. The van der Waals surface area contributed by atoms with Gasteiger partial charge in [-0.15, -0.1) is 0 Å². The van der Waals surface area contributed by atoms with Crippen LogP contribution in [-0.4, -0.2) is 17.4 Å². The van der Waals surface area contributed by atoms with Crippen molar-refractivity contribution in [3.05, 3.63) is 22.3 Å². The summed E-state index contributed by atoms with van der Waals surface area (Å²) in [5.74, 6) is 0.350. The second-order valence-corrected chi connectivity index (χ2v) is 4.50. The molecule has 3 N–H and O–H groups in total. The summed E-state index contributed by atoms with van der Waals surface area (Å²) in [5.41, 5.74) is 6.54. The second-order valence-electron chi connectivity index (χ2n) is 3.65. The Morgan fingerprint density at radius 3 is 2.88 bits per heavy atom. The van der Waals surface area contributed by atoms with E-state index in [2.05, 4.69) is 26.2 Å². The van der Waals surface area contributed by atoms with Gasteiger partial charge in [0.25, 0.3) is 0 Å². The molecule has 0 fully saturated rings. The van der Waals surface area contributed by atoms with E-state index >= 15 is 0 Å². The Bertz CT molecular complexity index is 377. The minimum absolute atomic E-state index is 0.0702. The van der Waals surface area contributed by atoms with Crippen LogP contribution in [0.2, 0.25) is 0 Å². The molecule has 1 heterocycles. The third kappa shape index (κ3) is 3.28. The first-order chi connectivity index (χ1) is 7.58. The maximum absolute atomic E-state index is 11.7. The molecule has 1 rings (SSSR count). The van der Waals surface area contributed by atoms with Crippen molar-refractivity contribution in [2.75, 3.05) is 11.9 Å². The van der Waals surface area contributed by atoms with E-state index in [1.807, 2.05) is 19.9 Å². The van der Waals surface area contributed by atoms with Gasteiger partial charge in [0.2, 0.25) is 5.91 Å². The van der Waals surface area contributed by atoms with E-state index in [-0.39, 0.29) is 11.8 Å². The van der Waals surface area contributed by atoms with Gasteiger partial charge in [-0.2, -0.15) is 0 Å². The van der Waals surface area contributed by atoms with Crippen LogP contribution in [-0.2, 0) is 4.79 Å². The Hall–Kier alpha value is -0.940. The second kappa shape index (κ2) is 5.96. The average Bonchev–Trinajstić information content (AvgIpc) is 2.25. The van der Waals surface area contributed by atoms with Crippen molar-refractivity contribution in [1.82, 2.24) is 4.98 Å². The Balaban J connectivity index is 2.73. The minimum Gasteiger partial charge on any atom is -0.330 e. The number of aryl methyl sites for hydroxylation is 1. The van der Waals surface area contributed by atoms with Gasteiger partial charge in [0.05, 0.1) is 5.92 Å². The summed E-state index contributed by atoms with van der Waals surface area (Å²) in [6, 6.07) is 1.82. The van der Waals surface area contributed by atoms with Crippen molar-refractivity contribution < 1.29 is 4.79 Å². The normalized spacial score (nSPS) is 12.2. The third-order valence-corrected chi connectivity index (χ3v) is 3.28. The number of carbonyl (C=O) groups excluding carboxylic acids is 1. The van der Waals surface area contributed by atoms with Crippen molar-refractivity contribution in [2.45, 2.75) is 20.3 Å². The fourth-order valence-electron chi connectivity index (χ4n) is 1.30. The fraction of sp³-hybridized carbons (Fsp3) is 0.455. The number of nitrogens with zero attached hydrogens (tertiary/aromatic N) is 1. The lowest BCUT2D eigenvalue weighted by Crippen LogP contribution is -2.28. The molecule has 0 aliphatic carbocycles. The van der Waals surface area contributed by atoms with E-state index in [0.29, 0.717) is 12.4 Å².